The lowest BCUT2D eigenvalue weighted by atomic mass is 10.2. The molecular formula is C21H22N4O3S. The Hall–Kier alpha value is -3.00. The maximum Gasteiger partial charge on any atom is 0.235 e. The van der Waals surface area contributed by atoms with Gasteiger partial charge in [-0.25, -0.2) is 0 Å². The van der Waals surface area contributed by atoms with Crippen molar-refractivity contribution in [3.63, 3.8) is 0 Å². The van der Waals surface area contributed by atoms with Crippen LogP contribution in [0.1, 0.15) is 12.5 Å². The Kier molecular flexibility index (Phi) is 5.44. The van der Waals surface area contributed by atoms with E-state index in [4.69, 9.17) is 9.47 Å². The molecular weight excluding hydrogens is 388 g/mol. The summed E-state index contributed by atoms with van der Waals surface area (Å²) in [7, 11) is 3.51. The molecule has 29 heavy (non-hydrogen) atoms. The molecule has 1 atom stereocenters. The first-order valence-corrected chi connectivity index (χ1v) is 10.2. The van der Waals surface area contributed by atoms with Gasteiger partial charge in [-0.3, -0.25) is 9.36 Å². The number of thioether (sulfide) groups is 1. The molecule has 4 rings (SSSR count). The zero-order valence-corrected chi connectivity index (χ0v) is 17.3. The van der Waals surface area contributed by atoms with E-state index >= 15 is 0 Å². The van der Waals surface area contributed by atoms with Gasteiger partial charge in [-0.15, -0.1) is 10.2 Å². The number of ether oxygens (including phenoxy) is 2. The highest BCUT2D eigenvalue weighted by Crippen LogP contribution is 2.34. The minimum absolute atomic E-state index is 0.0360. The van der Waals surface area contributed by atoms with E-state index < -0.39 is 0 Å². The summed E-state index contributed by atoms with van der Waals surface area (Å²) >= 11 is 1.41. The quantitative estimate of drug-likeness (QED) is 0.581. The molecule has 3 aromatic rings. The third kappa shape index (κ3) is 4.07. The van der Waals surface area contributed by atoms with Gasteiger partial charge in [0.15, 0.2) is 22.5 Å². The molecule has 0 fully saturated rings. The van der Waals surface area contributed by atoms with Crippen molar-refractivity contribution in [3.8, 4) is 22.9 Å². The summed E-state index contributed by atoms with van der Waals surface area (Å²) < 4.78 is 13.0. The van der Waals surface area contributed by atoms with Crippen molar-refractivity contribution >= 4 is 17.7 Å². The lowest BCUT2D eigenvalue weighted by Crippen LogP contribution is -2.29. The third-order valence-corrected chi connectivity index (χ3v) is 5.67. The van der Waals surface area contributed by atoms with Crippen LogP contribution < -0.4 is 9.47 Å². The topological polar surface area (TPSA) is 69.5 Å². The zero-order chi connectivity index (χ0) is 20.4. The normalized spacial score (nSPS) is 13.3. The van der Waals surface area contributed by atoms with Gasteiger partial charge in [-0.2, -0.15) is 0 Å². The molecule has 1 aliphatic heterocycles. The second kappa shape index (κ2) is 8.16. The molecule has 7 nitrogen and oxygen atoms in total. The minimum Gasteiger partial charge on any atom is -0.454 e. The second-order valence-corrected chi connectivity index (χ2v) is 8.25. The van der Waals surface area contributed by atoms with Crippen molar-refractivity contribution in [1.29, 1.82) is 0 Å². The van der Waals surface area contributed by atoms with E-state index in [-0.39, 0.29) is 18.0 Å². The number of carbonyl (C=O) groups excluding carboxylic acids is 1. The molecule has 8 heteroatoms. The lowest BCUT2D eigenvalue weighted by Gasteiger charge is -2.17. The van der Waals surface area contributed by atoms with Gasteiger partial charge in [0.2, 0.25) is 12.7 Å². The summed E-state index contributed by atoms with van der Waals surface area (Å²) in [5.41, 5.74) is 2.01. The summed E-state index contributed by atoms with van der Waals surface area (Å²) in [6.45, 7) is 2.68. The highest BCUT2D eigenvalue weighted by Gasteiger charge is 2.22. The van der Waals surface area contributed by atoms with Crippen LogP contribution in [-0.4, -0.2) is 51.7 Å². The van der Waals surface area contributed by atoms with Gasteiger partial charge in [0, 0.05) is 19.7 Å². The van der Waals surface area contributed by atoms with Crippen LogP contribution >= 0.6 is 11.8 Å². The van der Waals surface area contributed by atoms with E-state index in [1.54, 1.807) is 19.0 Å². The first-order valence-electron chi connectivity index (χ1n) is 9.28. The van der Waals surface area contributed by atoms with Gasteiger partial charge in [-0.1, -0.05) is 48.2 Å². The molecule has 2 heterocycles. The monoisotopic (exact) mass is 410 g/mol. The maximum absolute atomic E-state index is 12.3. The van der Waals surface area contributed by atoms with E-state index in [1.807, 2.05) is 60.0 Å². The Labute approximate surface area is 173 Å². The van der Waals surface area contributed by atoms with Gasteiger partial charge in [0.25, 0.3) is 0 Å². The fourth-order valence-corrected chi connectivity index (χ4v) is 4.11. The van der Waals surface area contributed by atoms with E-state index in [1.165, 1.54) is 11.8 Å². The predicted molar refractivity (Wildman–Crippen MR) is 111 cm³/mol. The fraction of sp³-hybridized carbons (Fsp3) is 0.286. The molecule has 0 aliphatic carbocycles. The highest BCUT2D eigenvalue weighted by molar-refractivity contribution is 8.00. The van der Waals surface area contributed by atoms with Crippen LogP contribution in [-0.2, 0) is 11.3 Å². The van der Waals surface area contributed by atoms with Crippen LogP contribution in [0.15, 0.2) is 53.7 Å². The zero-order valence-electron chi connectivity index (χ0n) is 16.5. The molecule has 0 saturated heterocycles. The summed E-state index contributed by atoms with van der Waals surface area (Å²) in [5.74, 6) is 2.28. The Bertz CT molecular complexity index is 1020. The number of fused-ring (bicyclic) bond motifs is 1. The second-order valence-electron chi connectivity index (χ2n) is 6.94. The lowest BCUT2D eigenvalue weighted by molar-refractivity contribution is -0.127. The number of hydrogen-bond donors (Lipinski definition) is 0. The first-order chi connectivity index (χ1) is 14.0. The van der Waals surface area contributed by atoms with E-state index in [0.717, 1.165) is 28.5 Å². The molecule has 0 N–H and O–H groups in total. The van der Waals surface area contributed by atoms with Crippen LogP contribution in [0.4, 0.5) is 0 Å². The van der Waals surface area contributed by atoms with Gasteiger partial charge < -0.3 is 14.4 Å². The Morgan fingerprint density at radius 3 is 2.66 bits per heavy atom. The number of nitrogens with zero attached hydrogens (tertiary/aromatic N) is 4. The molecule has 0 bridgehead atoms. The van der Waals surface area contributed by atoms with Crippen LogP contribution in [0.3, 0.4) is 0 Å². The van der Waals surface area contributed by atoms with Crippen LogP contribution in [0.25, 0.3) is 11.4 Å². The predicted octanol–water partition coefficient (Wildman–Crippen LogP) is 3.29. The van der Waals surface area contributed by atoms with E-state index in [9.17, 15) is 4.79 Å². The number of amides is 1. The molecule has 0 saturated carbocycles. The summed E-state index contributed by atoms with van der Waals surface area (Å²) in [6, 6.07) is 15.8. The van der Waals surface area contributed by atoms with E-state index in [0.29, 0.717) is 11.7 Å². The number of carbonyl (C=O) groups is 1. The van der Waals surface area contributed by atoms with Gasteiger partial charge in [0.1, 0.15) is 0 Å². The van der Waals surface area contributed by atoms with Crippen molar-refractivity contribution in [2.45, 2.75) is 23.9 Å². The van der Waals surface area contributed by atoms with Crippen LogP contribution in [0.2, 0.25) is 0 Å². The molecule has 150 valence electrons. The molecule has 1 amide bonds. The van der Waals surface area contributed by atoms with E-state index in [2.05, 4.69) is 10.2 Å². The molecule has 2 aromatic carbocycles. The third-order valence-electron chi connectivity index (χ3n) is 4.60. The molecule has 1 aliphatic rings. The highest BCUT2D eigenvalue weighted by atomic mass is 32.2. The number of hydrogen-bond acceptors (Lipinski definition) is 6. The smallest absolute Gasteiger partial charge is 0.235 e. The number of benzene rings is 2. The Morgan fingerprint density at radius 1 is 1.14 bits per heavy atom. The molecule has 1 aromatic heterocycles. The number of rotatable bonds is 6. The largest absolute Gasteiger partial charge is 0.454 e. The average Bonchev–Trinajstić information content (AvgIpc) is 3.35. The first kappa shape index (κ1) is 19.3. The molecule has 0 unspecified atom stereocenters. The standard InChI is InChI=1S/C21H22N4O3S/c1-14(20(26)24(2)3)29-21-23-22-19(16-7-5-4-6-8-16)25(21)12-15-9-10-17-18(11-15)28-13-27-17/h4-11,14H,12-13H2,1-3H3/t14-/m1/s1. The van der Waals surface area contributed by atoms with Crippen LogP contribution in [0, 0.1) is 0 Å². The van der Waals surface area contributed by atoms with Gasteiger partial charge >= 0.3 is 0 Å². The van der Waals surface area contributed by atoms with Crippen molar-refractivity contribution in [2.75, 3.05) is 20.9 Å². The minimum atomic E-state index is -0.270. The van der Waals surface area contributed by atoms with Gasteiger partial charge in [-0.05, 0) is 24.6 Å². The molecule has 0 spiro atoms. The summed E-state index contributed by atoms with van der Waals surface area (Å²) in [5, 5.41) is 9.24. The van der Waals surface area contributed by atoms with Crippen molar-refractivity contribution in [2.24, 2.45) is 0 Å². The summed E-state index contributed by atoms with van der Waals surface area (Å²) in [6.07, 6.45) is 0. The SMILES string of the molecule is C[C@@H](Sc1nnc(-c2ccccc2)n1Cc1ccc2c(c1)OCO2)C(=O)N(C)C. The van der Waals surface area contributed by atoms with Crippen LogP contribution in [0.5, 0.6) is 11.5 Å². The Balaban J connectivity index is 1.69. The number of aromatic nitrogens is 3. The Morgan fingerprint density at radius 2 is 1.90 bits per heavy atom. The average molecular weight is 410 g/mol. The fourth-order valence-electron chi connectivity index (χ4n) is 3.11. The van der Waals surface area contributed by atoms with Gasteiger partial charge in [0.05, 0.1) is 11.8 Å². The maximum atomic E-state index is 12.3. The van der Waals surface area contributed by atoms with Crippen molar-refractivity contribution in [3.05, 3.63) is 54.1 Å². The summed E-state index contributed by atoms with van der Waals surface area (Å²) in [4.78, 5) is 13.9. The van der Waals surface area contributed by atoms with Crippen molar-refractivity contribution in [1.82, 2.24) is 19.7 Å². The molecule has 0 radical (unpaired) electrons. The van der Waals surface area contributed by atoms with Crippen molar-refractivity contribution < 1.29 is 14.3 Å².